The van der Waals surface area contributed by atoms with Gasteiger partial charge in [0.15, 0.2) is 0 Å². The molecule has 2 aliphatic rings. The van der Waals surface area contributed by atoms with Crippen molar-refractivity contribution >= 4 is 16.8 Å². The first-order valence-corrected chi connectivity index (χ1v) is 15.4. The zero-order valence-electron chi connectivity index (χ0n) is 24.9. The lowest BCUT2D eigenvalue weighted by molar-refractivity contribution is -0.122. The van der Waals surface area contributed by atoms with Gasteiger partial charge in [0.1, 0.15) is 6.54 Å². The standard InChI is InChI=1S/C36H44N4O/c1-26-10-9-11-27(2)35(26)28-16-22-39(23-17-28)24-32-31-14-7-8-15-33(31)40(36(32)29-12-5-4-6-13-29)25-34(41)37-30-18-20-38(3)21-19-30/h4-15,28,30H,16-25H2,1-3H3,(H,37,41). The van der Waals surface area contributed by atoms with Gasteiger partial charge in [-0.15, -0.1) is 0 Å². The Bertz CT molecular complexity index is 1470. The number of likely N-dealkylation sites (tertiary alicyclic amines) is 2. The summed E-state index contributed by atoms with van der Waals surface area (Å²) in [6, 6.07) is 26.3. The van der Waals surface area contributed by atoms with Crippen molar-refractivity contribution in [3.63, 3.8) is 0 Å². The number of para-hydroxylation sites is 1. The number of nitrogens with one attached hydrogen (secondary N) is 1. The van der Waals surface area contributed by atoms with Gasteiger partial charge in [-0.1, -0.05) is 66.7 Å². The number of fused-ring (bicyclic) bond motifs is 1. The fourth-order valence-corrected chi connectivity index (χ4v) is 7.27. The normalized spacial score (nSPS) is 17.7. The van der Waals surface area contributed by atoms with Crippen LogP contribution in [-0.4, -0.2) is 59.5 Å². The van der Waals surface area contributed by atoms with Crippen molar-refractivity contribution in [3.05, 3.63) is 95.1 Å². The van der Waals surface area contributed by atoms with Gasteiger partial charge >= 0.3 is 0 Å². The van der Waals surface area contributed by atoms with Gasteiger partial charge in [-0.05, 0) is 113 Å². The highest BCUT2D eigenvalue weighted by molar-refractivity contribution is 5.93. The third-order valence-electron chi connectivity index (χ3n) is 9.43. The predicted octanol–water partition coefficient (Wildman–Crippen LogP) is 6.52. The smallest absolute Gasteiger partial charge is 0.240 e. The molecule has 41 heavy (non-hydrogen) atoms. The minimum Gasteiger partial charge on any atom is -0.352 e. The molecule has 0 spiro atoms. The van der Waals surface area contributed by atoms with Crippen LogP contribution in [0, 0.1) is 13.8 Å². The van der Waals surface area contributed by atoms with E-state index < -0.39 is 0 Å². The molecular formula is C36H44N4O. The van der Waals surface area contributed by atoms with E-state index in [-0.39, 0.29) is 11.9 Å². The number of rotatable bonds is 7. The second-order valence-corrected chi connectivity index (χ2v) is 12.3. The SMILES string of the molecule is Cc1cccc(C)c1C1CCN(Cc2c(-c3ccccc3)n(CC(=O)NC3CCN(C)CC3)c3ccccc23)CC1. The van der Waals surface area contributed by atoms with Crippen LogP contribution in [0.2, 0.25) is 0 Å². The van der Waals surface area contributed by atoms with E-state index >= 15 is 0 Å². The van der Waals surface area contributed by atoms with Gasteiger partial charge in [-0.25, -0.2) is 0 Å². The molecule has 2 aliphatic heterocycles. The fourth-order valence-electron chi connectivity index (χ4n) is 7.27. The van der Waals surface area contributed by atoms with Gasteiger partial charge in [-0.3, -0.25) is 9.69 Å². The number of carbonyl (C=O) groups excluding carboxylic acids is 1. The molecule has 6 rings (SSSR count). The quantitative estimate of drug-likeness (QED) is 0.286. The van der Waals surface area contributed by atoms with Crippen LogP contribution in [0.25, 0.3) is 22.2 Å². The molecule has 1 amide bonds. The third-order valence-corrected chi connectivity index (χ3v) is 9.43. The topological polar surface area (TPSA) is 40.5 Å². The minimum atomic E-state index is 0.110. The summed E-state index contributed by atoms with van der Waals surface area (Å²) in [7, 11) is 2.16. The van der Waals surface area contributed by atoms with Crippen LogP contribution in [0.4, 0.5) is 0 Å². The maximum absolute atomic E-state index is 13.5. The number of nitrogens with zero attached hydrogens (tertiary/aromatic N) is 3. The van der Waals surface area contributed by atoms with E-state index in [2.05, 4.69) is 113 Å². The number of piperidine rings is 2. The second-order valence-electron chi connectivity index (χ2n) is 12.3. The molecule has 0 aliphatic carbocycles. The summed E-state index contributed by atoms with van der Waals surface area (Å²) >= 11 is 0. The van der Waals surface area contributed by atoms with Gasteiger partial charge < -0.3 is 14.8 Å². The summed E-state index contributed by atoms with van der Waals surface area (Å²) in [5.74, 6) is 0.740. The molecular weight excluding hydrogens is 504 g/mol. The van der Waals surface area contributed by atoms with E-state index in [0.717, 1.165) is 51.1 Å². The highest BCUT2D eigenvalue weighted by atomic mass is 16.2. The minimum absolute atomic E-state index is 0.110. The molecule has 0 saturated carbocycles. The molecule has 1 aromatic heterocycles. The van der Waals surface area contributed by atoms with Crippen molar-refractivity contribution in [2.75, 3.05) is 33.2 Å². The van der Waals surface area contributed by atoms with Crippen LogP contribution in [0.15, 0.2) is 72.8 Å². The van der Waals surface area contributed by atoms with E-state index in [1.165, 1.54) is 46.2 Å². The maximum atomic E-state index is 13.5. The Hall–Kier alpha value is -3.41. The summed E-state index contributed by atoms with van der Waals surface area (Å²) in [6.07, 6.45) is 4.40. The van der Waals surface area contributed by atoms with Gasteiger partial charge in [0, 0.05) is 23.5 Å². The number of carbonyl (C=O) groups is 1. The summed E-state index contributed by atoms with van der Waals surface area (Å²) in [4.78, 5) is 18.4. The zero-order chi connectivity index (χ0) is 28.3. The molecule has 0 radical (unpaired) electrons. The Morgan fingerprint density at radius 1 is 0.805 bits per heavy atom. The number of hydrogen-bond acceptors (Lipinski definition) is 3. The summed E-state index contributed by atoms with van der Waals surface area (Å²) in [5, 5.41) is 4.61. The van der Waals surface area contributed by atoms with Crippen molar-refractivity contribution in [2.24, 2.45) is 0 Å². The molecule has 3 aromatic carbocycles. The average Bonchev–Trinajstić information content (AvgIpc) is 3.28. The molecule has 2 saturated heterocycles. The molecule has 5 nitrogen and oxygen atoms in total. The van der Waals surface area contributed by atoms with Crippen molar-refractivity contribution in [1.29, 1.82) is 0 Å². The Morgan fingerprint density at radius 2 is 1.46 bits per heavy atom. The lowest BCUT2D eigenvalue weighted by Gasteiger charge is -2.33. The van der Waals surface area contributed by atoms with E-state index in [4.69, 9.17) is 0 Å². The largest absolute Gasteiger partial charge is 0.352 e. The number of aryl methyl sites for hydroxylation is 2. The van der Waals surface area contributed by atoms with Gasteiger partial charge in [0.2, 0.25) is 5.91 Å². The van der Waals surface area contributed by atoms with Crippen molar-refractivity contribution in [2.45, 2.75) is 64.6 Å². The summed E-state index contributed by atoms with van der Waals surface area (Å²) in [5.41, 5.74) is 9.25. The van der Waals surface area contributed by atoms with Crippen molar-refractivity contribution < 1.29 is 4.79 Å². The maximum Gasteiger partial charge on any atom is 0.240 e. The third kappa shape index (κ3) is 5.98. The first-order valence-electron chi connectivity index (χ1n) is 15.4. The molecule has 0 unspecified atom stereocenters. The van der Waals surface area contributed by atoms with Crippen LogP contribution in [-0.2, 0) is 17.9 Å². The number of hydrogen-bond donors (Lipinski definition) is 1. The Morgan fingerprint density at radius 3 is 2.17 bits per heavy atom. The van der Waals surface area contributed by atoms with E-state index in [1.54, 1.807) is 5.56 Å². The fraction of sp³-hybridized carbons (Fsp3) is 0.417. The van der Waals surface area contributed by atoms with Gasteiger partial charge in [0.05, 0.1) is 5.69 Å². The Kier molecular flexibility index (Phi) is 8.27. The zero-order valence-corrected chi connectivity index (χ0v) is 24.9. The first-order chi connectivity index (χ1) is 20.0. The number of amides is 1. The lowest BCUT2D eigenvalue weighted by Crippen LogP contribution is -2.44. The summed E-state index contributed by atoms with van der Waals surface area (Å²) < 4.78 is 2.27. The number of benzene rings is 3. The molecule has 0 atom stereocenters. The molecule has 5 heteroatoms. The Balaban J connectivity index is 1.28. The average molecular weight is 549 g/mol. The highest BCUT2D eigenvalue weighted by Gasteiger charge is 2.27. The van der Waals surface area contributed by atoms with Crippen molar-refractivity contribution in [3.8, 4) is 11.3 Å². The molecule has 0 bridgehead atoms. The highest BCUT2D eigenvalue weighted by Crippen LogP contribution is 2.37. The molecule has 4 aromatic rings. The number of aromatic nitrogens is 1. The summed E-state index contributed by atoms with van der Waals surface area (Å²) in [6.45, 7) is 10.0. The Labute approximate surface area is 245 Å². The predicted molar refractivity (Wildman–Crippen MR) is 169 cm³/mol. The van der Waals surface area contributed by atoms with E-state index in [9.17, 15) is 4.79 Å². The van der Waals surface area contributed by atoms with E-state index in [1.807, 2.05) is 0 Å². The van der Waals surface area contributed by atoms with Crippen LogP contribution in [0.1, 0.15) is 53.9 Å². The molecule has 2 fully saturated rings. The van der Waals surface area contributed by atoms with E-state index in [0.29, 0.717) is 12.5 Å². The van der Waals surface area contributed by atoms with Crippen LogP contribution >= 0.6 is 0 Å². The van der Waals surface area contributed by atoms with Crippen LogP contribution in [0.5, 0.6) is 0 Å². The van der Waals surface area contributed by atoms with Gasteiger partial charge in [-0.2, -0.15) is 0 Å². The monoisotopic (exact) mass is 548 g/mol. The molecule has 214 valence electrons. The van der Waals surface area contributed by atoms with Crippen LogP contribution in [0.3, 0.4) is 0 Å². The van der Waals surface area contributed by atoms with Gasteiger partial charge in [0.25, 0.3) is 0 Å². The molecule has 1 N–H and O–H groups in total. The van der Waals surface area contributed by atoms with Crippen molar-refractivity contribution in [1.82, 2.24) is 19.7 Å². The molecule has 3 heterocycles. The lowest BCUT2D eigenvalue weighted by atomic mass is 9.84. The second kappa shape index (κ2) is 12.2. The first kappa shape index (κ1) is 27.7. The van der Waals surface area contributed by atoms with Crippen LogP contribution < -0.4 is 5.32 Å².